The summed E-state index contributed by atoms with van der Waals surface area (Å²) in [5.41, 5.74) is 0. The molecule has 9 nitrogen and oxygen atoms in total. The maximum Gasteiger partial charge on any atom is 0.472 e. The summed E-state index contributed by atoms with van der Waals surface area (Å²) in [4.78, 5) is 37.9. The van der Waals surface area contributed by atoms with E-state index in [2.05, 4.69) is 32.2 Å². The minimum atomic E-state index is -4.45. The van der Waals surface area contributed by atoms with E-state index in [-0.39, 0.29) is 25.1 Å². The molecule has 3 unspecified atom stereocenters. The molecule has 0 heterocycles. The van der Waals surface area contributed by atoms with Gasteiger partial charge in [-0.3, -0.25) is 18.6 Å². The van der Waals surface area contributed by atoms with Gasteiger partial charge in [-0.25, -0.2) is 4.57 Å². The van der Waals surface area contributed by atoms with Crippen molar-refractivity contribution in [3.05, 3.63) is 12.2 Å². The molecule has 0 aliphatic heterocycles. The lowest BCUT2D eigenvalue weighted by Crippen LogP contribution is -2.47. The molecule has 0 fully saturated rings. The number of esters is 1. The molecule has 0 saturated heterocycles. The summed E-state index contributed by atoms with van der Waals surface area (Å²) >= 11 is 0. The second-order valence-electron chi connectivity index (χ2n) is 26.8. The van der Waals surface area contributed by atoms with Gasteiger partial charge in [0, 0.05) is 12.8 Å². The molecule has 0 aromatic carbocycles. The number of carbonyl (C=O) groups is 2. The van der Waals surface area contributed by atoms with Crippen LogP contribution in [0.2, 0.25) is 0 Å². The monoisotopic (exact) mass is 1190 g/mol. The predicted molar refractivity (Wildman–Crippen MR) is 360 cm³/mol. The molecular formula is C73H146N2O7P+. The lowest BCUT2D eigenvalue weighted by molar-refractivity contribution is -0.870. The minimum absolute atomic E-state index is 0.0461. The van der Waals surface area contributed by atoms with Crippen molar-refractivity contribution in [2.75, 3.05) is 40.9 Å². The number of hydrogen-bond donors (Lipinski definition) is 2. The number of ether oxygens (including phenoxy) is 1. The molecule has 0 saturated carbocycles. The Morgan fingerprint density at radius 2 is 0.687 bits per heavy atom. The van der Waals surface area contributed by atoms with E-state index in [4.69, 9.17) is 13.8 Å². The van der Waals surface area contributed by atoms with Crippen LogP contribution in [0.3, 0.4) is 0 Å². The number of nitrogens with one attached hydrogen (secondary N) is 1. The summed E-state index contributed by atoms with van der Waals surface area (Å²) in [6, 6.07) is -0.840. The van der Waals surface area contributed by atoms with Gasteiger partial charge in [-0.1, -0.05) is 361 Å². The van der Waals surface area contributed by atoms with Gasteiger partial charge in [0.2, 0.25) is 5.91 Å². The second-order valence-corrected chi connectivity index (χ2v) is 28.3. The summed E-state index contributed by atoms with van der Waals surface area (Å²) in [7, 11) is 1.52. The molecular weight excluding hydrogens is 1050 g/mol. The topological polar surface area (TPSA) is 111 Å². The average molecular weight is 1190 g/mol. The molecule has 0 rings (SSSR count). The van der Waals surface area contributed by atoms with Crippen LogP contribution in [0.15, 0.2) is 12.2 Å². The van der Waals surface area contributed by atoms with E-state index in [0.29, 0.717) is 23.9 Å². The van der Waals surface area contributed by atoms with Crippen LogP contribution in [0.25, 0.3) is 0 Å². The number of phosphoric ester groups is 1. The lowest BCUT2D eigenvalue weighted by Gasteiger charge is -2.27. The number of hydrogen-bond acceptors (Lipinski definition) is 6. The van der Waals surface area contributed by atoms with Crippen LogP contribution in [-0.2, 0) is 27.9 Å². The van der Waals surface area contributed by atoms with Crippen LogP contribution < -0.4 is 5.32 Å². The summed E-state index contributed by atoms with van der Waals surface area (Å²) in [6.45, 7) is 7.09. The SMILES string of the molecule is CCCCCCCCCCC/C=C/C(OC(=O)CCCCCCCCCCCCCCCCCCCCCCCCCCC)C(COP(=O)(O)OCC[N+](C)(C)C)NC(=O)CCCCCCCCCCCCCCCCCCCCCCC. The van der Waals surface area contributed by atoms with E-state index in [1.807, 2.05) is 27.2 Å². The first-order valence-electron chi connectivity index (χ1n) is 37.0. The van der Waals surface area contributed by atoms with Crippen molar-refractivity contribution in [2.24, 2.45) is 0 Å². The van der Waals surface area contributed by atoms with Crippen LogP contribution in [0.4, 0.5) is 0 Å². The minimum Gasteiger partial charge on any atom is -0.456 e. The standard InChI is InChI=1S/C73H145N2O7P/c1-7-10-13-16-19-22-25-27-29-31-33-35-36-37-38-40-42-44-46-48-51-54-57-60-63-66-73(77)82-71(64-61-58-55-52-49-24-21-18-15-12-9-3)70(69-81-83(78,79)80-68-67-75(4,5)6)74-72(76)65-62-59-56-53-50-47-45-43-41-39-34-32-30-28-26-23-20-17-14-11-8-2/h61,64,70-71H,7-60,62-63,65-69H2,1-6H3,(H-,74,76,78,79)/p+1/b64-61+. The Labute approximate surface area is 518 Å². The molecule has 0 aromatic rings. The third-order valence-electron chi connectivity index (χ3n) is 17.2. The van der Waals surface area contributed by atoms with Crippen LogP contribution in [0.1, 0.15) is 393 Å². The normalized spacial score (nSPS) is 13.5. The fraction of sp³-hybridized carbons (Fsp3) is 0.945. The number of likely N-dealkylation sites (N-methyl/N-ethyl adjacent to an activating group) is 1. The first kappa shape index (κ1) is 81.8. The fourth-order valence-corrected chi connectivity index (χ4v) is 12.3. The second kappa shape index (κ2) is 63.8. The van der Waals surface area contributed by atoms with Crippen LogP contribution in [-0.4, -0.2) is 74.3 Å². The molecule has 3 atom stereocenters. The van der Waals surface area contributed by atoms with Gasteiger partial charge in [0.05, 0.1) is 33.8 Å². The fourth-order valence-electron chi connectivity index (χ4n) is 11.5. The number of nitrogens with zero attached hydrogens (tertiary/aromatic N) is 1. The van der Waals surface area contributed by atoms with Gasteiger partial charge >= 0.3 is 13.8 Å². The van der Waals surface area contributed by atoms with Crippen molar-refractivity contribution in [1.82, 2.24) is 5.32 Å². The summed E-state index contributed by atoms with van der Waals surface area (Å²) in [5.74, 6) is -0.476. The Kier molecular flexibility index (Phi) is 62.8. The molecule has 83 heavy (non-hydrogen) atoms. The van der Waals surface area contributed by atoms with E-state index < -0.39 is 20.0 Å². The van der Waals surface area contributed by atoms with Crippen molar-refractivity contribution in [1.29, 1.82) is 0 Å². The molecule has 10 heteroatoms. The van der Waals surface area contributed by atoms with Crippen molar-refractivity contribution >= 4 is 19.7 Å². The van der Waals surface area contributed by atoms with E-state index in [1.165, 1.54) is 302 Å². The molecule has 0 aliphatic carbocycles. The zero-order valence-electron chi connectivity index (χ0n) is 56.7. The quantitative estimate of drug-likeness (QED) is 0.0205. The highest BCUT2D eigenvalue weighted by Gasteiger charge is 2.30. The zero-order chi connectivity index (χ0) is 60.7. The Morgan fingerprint density at radius 3 is 0.988 bits per heavy atom. The maximum absolute atomic E-state index is 13.6. The van der Waals surface area contributed by atoms with E-state index in [1.54, 1.807) is 0 Å². The van der Waals surface area contributed by atoms with Crippen LogP contribution >= 0.6 is 7.82 Å². The Balaban J connectivity index is 4.92. The maximum atomic E-state index is 13.6. The third kappa shape index (κ3) is 65.0. The number of amides is 1. The Hall–Kier alpha value is -1.25. The lowest BCUT2D eigenvalue weighted by atomic mass is 10.0. The van der Waals surface area contributed by atoms with Gasteiger partial charge in [-0.15, -0.1) is 0 Å². The molecule has 0 radical (unpaired) electrons. The largest absolute Gasteiger partial charge is 0.472 e. The number of carbonyl (C=O) groups excluding carboxylic acids is 2. The Morgan fingerprint density at radius 1 is 0.410 bits per heavy atom. The number of rotatable bonds is 69. The van der Waals surface area contributed by atoms with Crippen LogP contribution in [0, 0.1) is 0 Å². The molecule has 0 aromatic heterocycles. The van der Waals surface area contributed by atoms with E-state index >= 15 is 0 Å². The molecule has 494 valence electrons. The van der Waals surface area contributed by atoms with Gasteiger partial charge in [-0.05, 0) is 31.8 Å². The highest BCUT2D eigenvalue weighted by Crippen LogP contribution is 2.43. The summed E-state index contributed by atoms with van der Waals surface area (Å²) in [6.07, 6.45) is 76.7. The summed E-state index contributed by atoms with van der Waals surface area (Å²) in [5, 5.41) is 3.08. The molecule has 0 spiro atoms. The van der Waals surface area contributed by atoms with Crippen molar-refractivity contribution in [3.8, 4) is 0 Å². The van der Waals surface area contributed by atoms with Crippen molar-refractivity contribution in [2.45, 2.75) is 405 Å². The van der Waals surface area contributed by atoms with Gasteiger partial charge in [-0.2, -0.15) is 0 Å². The third-order valence-corrected chi connectivity index (χ3v) is 18.2. The average Bonchev–Trinajstić information content (AvgIpc) is 3.51. The molecule has 2 N–H and O–H groups in total. The van der Waals surface area contributed by atoms with E-state index in [0.717, 1.165) is 57.8 Å². The van der Waals surface area contributed by atoms with Gasteiger partial charge in [0.25, 0.3) is 0 Å². The van der Waals surface area contributed by atoms with Gasteiger partial charge < -0.3 is 19.4 Å². The molecule has 1 amide bonds. The number of unbranched alkanes of at least 4 members (excludes halogenated alkanes) is 53. The summed E-state index contributed by atoms with van der Waals surface area (Å²) < 4.78 is 30.8. The zero-order valence-corrected chi connectivity index (χ0v) is 57.6. The van der Waals surface area contributed by atoms with Crippen molar-refractivity contribution in [3.63, 3.8) is 0 Å². The van der Waals surface area contributed by atoms with E-state index in [9.17, 15) is 19.0 Å². The Bertz CT molecular complexity index is 1420. The van der Waals surface area contributed by atoms with Gasteiger partial charge in [0.15, 0.2) is 0 Å². The van der Waals surface area contributed by atoms with Gasteiger partial charge in [0.1, 0.15) is 19.3 Å². The van der Waals surface area contributed by atoms with Crippen LogP contribution in [0.5, 0.6) is 0 Å². The first-order valence-corrected chi connectivity index (χ1v) is 38.5. The number of quaternary nitrogens is 1. The predicted octanol–water partition coefficient (Wildman–Crippen LogP) is 23.5. The number of phosphoric acid groups is 1. The molecule has 0 aliphatic rings. The van der Waals surface area contributed by atoms with Crippen molar-refractivity contribution < 1.29 is 37.3 Å². The first-order chi connectivity index (χ1) is 40.4. The molecule has 0 bridgehead atoms. The number of allylic oxidation sites excluding steroid dienone is 1. The highest BCUT2D eigenvalue weighted by molar-refractivity contribution is 7.47. The highest BCUT2D eigenvalue weighted by atomic mass is 31.2. The smallest absolute Gasteiger partial charge is 0.456 e.